The Morgan fingerprint density at radius 2 is 1.88 bits per heavy atom. The number of nitrogens with zero attached hydrogens (tertiary/aromatic N) is 4. The Morgan fingerprint density at radius 3 is 2.48 bits per heavy atom. The van der Waals surface area contributed by atoms with Crippen LogP contribution in [0, 0.1) is 0 Å². The van der Waals surface area contributed by atoms with Crippen molar-refractivity contribution < 1.29 is 21.6 Å². The Balaban J connectivity index is 2.65. The van der Waals surface area contributed by atoms with Gasteiger partial charge in [0.15, 0.2) is 0 Å². The largest absolute Gasteiger partial charge is 0.417 e. The number of aromatic nitrogens is 2. The SMILES string of the molecule is CN(C)C=NS(=O)(=O)c1cc(N)cnc1-c1cncc(C(F)(F)F)c1. The van der Waals surface area contributed by atoms with Crippen LogP contribution in [-0.2, 0) is 16.2 Å². The Morgan fingerprint density at radius 1 is 1.20 bits per heavy atom. The van der Waals surface area contributed by atoms with Crippen molar-refractivity contribution in [3.63, 3.8) is 0 Å². The minimum Gasteiger partial charge on any atom is -0.397 e. The minimum atomic E-state index is -4.63. The molecule has 0 spiro atoms. The number of nitrogens with two attached hydrogens (primary N) is 1. The first-order valence-electron chi connectivity index (χ1n) is 6.76. The zero-order valence-electron chi connectivity index (χ0n) is 13.2. The molecular weight excluding hydrogens is 359 g/mol. The van der Waals surface area contributed by atoms with Gasteiger partial charge >= 0.3 is 6.18 Å². The summed E-state index contributed by atoms with van der Waals surface area (Å²) in [5.74, 6) is 0. The highest BCUT2D eigenvalue weighted by Crippen LogP contribution is 2.33. The number of hydrogen-bond donors (Lipinski definition) is 1. The van der Waals surface area contributed by atoms with Crippen LogP contribution in [0.1, 0.15) is 5.56 Å². The number of rotatable bonds is 4. The predicted molar refractivity (Wildman–Crippen MR) is 86.2 cm³/mol. The standard InChI is InChI=1S/C14H14F3N5O2S/c1-22(2)8-21-25(23,24)12-4-11(18)7-20-13(12)9-3-10(6-19-5-9)14(15,16)17/h3-8H,18H2,1-2H3. The highest BCUT2D eigenvalue weighted by atomic mass is 32.2. The van der Waals surface area contributed by atoms with Crippen LogP contribution in [0.3, 0.4) is 0 Å². The average Bonchev–Trinajstić information content (AvgIpc) is 2.52. The van der Waals surface area contributed by atoms with E-state index in [4.69, 9.17) is 5.73 Å². The van der Waals surface area contributed by atoms with Crippen LogP contribution in [-0.4, -0.2) is 43.7 Å². The molecule has 2 N–H and O–H groups in total. The third-order valence-electron chi connectivity index (χ3n) is 2.91. The summed E-state index contributed by atoms with van der Waals surface area (Å²) in [5.41, 5.74) is 4.24. The van der Waals surface area contributed by atoms with Crippen LogP contribution in [0.25, 0.3) is 11.3 Å². The second-order valence-corrected chi connectivity index (χ2v) is 6.84. The Labute approximate surface area is 142 Å². The molecule has 25 heavy (non-hydrogen) atoms. The Kier molecular flexibility index (Phi) is 4.97. The van der Waals surface area contributed by atoms with Crippen LogP contribution < -0.4 is 5.73 Å². The third-order valence-corrected chi connectivity index (χ3v) is 4.15. The number of hydrogen-bond acceptors (Lipinski definition) is 5. The first kappa shape index (κ1) is 18.6. The molecule has 0 aliphatic carbocycles. The summed E-state index contributed by atoms with van der Waals surface area (Å²) in [7, 11) is -1.10. The molecule has 0 aliphatic rings. The van der Waals surface area contributed by atoms with Gasteiger partial charge in [0.1, 0.15) is 11.2 Å². The smallest absolute Gasteiger partial charge is 0.397 e. The van der Waals surface area contributed by atoms with E-state index in [1.807, 2.05) is 0 Å². The number of pyridine rings is 2. The van der Waals surface area contributed by atoms with E-state index in [9.17, 15) is 21.6 Å². The molecule has 0 amide bonds. The van der Waals surface area contributed by atoms with E-state index in [-0.39, 0.29) is 16.9 Å². The number of halogens is 3. The van der Waals surface area contributed by atoms with Crippen molar-refractivity contribution in [3.05, 3.63) is 36.3 Å². The molecule has 0 fully saturated rings. The lowest BCUT2D eigenvalue weighted by Gasteiger charge is -2.11. The van der Waals surface area contributed by atoms with Gasteiger partial charge in [-0.1, -0.05) is 0 Å². The second kappa shape index (κ2) is 6.67. The second-order valence-electron chi connectivity index (χ2n) is 5.24. The molecule has 2 aromatic heterocycles. The van der Waals surface area contributed by atoms with E-state index < -0.39 is 26.7 Å². The van der Waals surface area contributed by atoms with Gasteiger partial charge in [-0.15, -0.1) is 4.40 Å². The number of sulfonamides is 1. The van der Waals surface area contributed by atoms with E-state index in [0.29, 0.717) is 6.20 Å². The normalized spacial score (nSPS) is 12.5. The summed E-state index contributed by atoms with van der Waals surface area (Å²) in [6, 6.07) is 1.85. The van der Waals surface area contributed by atoms with E-state index in [0.717, 1.165) is 30.9 Å². The van der Waals surface area contributed by atoms with Crippen molar-refractivity contribution in [2.24, 2.45) is 4.40 Å². The summed E-state index contributed by atoms with van der Waals surface area (Å²) in [6.45, 7) is 0. The van der Waals surface area contributed by atoms with E-state index >= 15 is 0 Å². The maximum atomic E-state index is 12.9. The molecule has 0 radical (unpaired) electrons. The van der Waals surface area contributed by atoms with E-state index in [2.05, 4.69) is 14.4 Å². The number of anilines is 1. The maximum Gasteiger partial charge on any atom is 0.417 e. The quantitative estimate of drug-likeness (QED) is 0.650. The lowest BCUT2D eigenvalue weighted by molar-refractivity contribution is -0.137. The third kappa shape index (κ3) is 4.44. The Hall–Kier alpha value is -2.69. The molecule has 0 saturated heterocycles. The lowest BCUT2D eigenvalue weighted by Crippen LogP contribution is -2.11. The molecule has 2 aromatic rings. The highest BCUT2D eigenvalue weighted by molar-refractivity contribution is 7.90. The van der Waals surface area contributed by atoms with Gasteiger partial charge in [-0.25, -0.2) is 0 Å². The number of nitrogen functional groups attached to an aromatic ring is 1. The molecular formula is C14H14F3N5O2S. The molecule has 134 valence electrons. The Bertz CT molecular complexity index is 911. The van der Waals surface area contributed by atoms with Gasteiger partial charge < -0.3 is 10.6 Å². The van der Waals surface area contributed by atoms with Crippen LogP contribution in [0.4, 0.5) is 18.9 Å². The van der Waals surface area contributed by atoms with Gasteiger partial charge in [-0.05, 0) is 12.1 Å². The summed E-state index contributed by atoms with van der Waals surface area (Å²) in [5, 5.41) is 0. The summed E-state index contributed by atoms with van der Waals surface area (Å²) in [4.78, 5) is 8.36. The summed E-state index contributed by atoms with van der Waals surface area (Å²) >= 11 is 0. The van der Waals surface area contributed by atoms with Crippen LogP contribution in [0.15, 0.2) is 40.0 Å². The molecule has 0 unspecified atom stereocenters. The molecule has 0 aromatic carbocycles. The average molecular weight is 373 g/mol. The van der Waals surface area contributed by atoms with Crippen LogP contribution in [0.5, 0.6) is 0 Å². The summed E-state index contributed by atoms with van der Waals surface area (Å²) < 4.78 is 66.9. The molecule has 0 saturated carbocycles. The fourth-order valence-electron chi connectivity index (χ4n) is 1.81. The zero-order chi connectivity index (χ0) is 18.8. The molecule has 11 heteroatoms. The van der Waals surface area contributed by atoms with E-state index in [1.54, 1.807) is 14.1 Å². The van der Waals surface area contributed by atoms with E-state index in [1.165, 1.54) is 4.90 Å². The van der Waals surface area contributed by atoms with Crippen molar-refractivity contribution in [1.29, 1.82) is 0 Å². The topological polar surface area (TPSA) is 102 Å². The predicted octanol–water partition coefficient (Wildman–Crippen LogP) is 2.02. The van der Waals surface area contributed by atoms with Crippen LogP contribution in [0.2, 0.25) is 0 Å². The zero-order valence-corrected chi connectivity index (χ0v) is 14.0. The highest BCUT2D eigenvalue weighted by Gasteiger charge is 2.32. The van der Waals surface area contributed by atoms with Crippen molar-refractivity contribution in [1.82, 2.24) is 14.9 Å². The molecule has 0 bridgehead atoms. The van der Waals surface area contributed by atoms with Gasteiger partial charge in [0.05, 0.1) is 23.1 Å². The molecule has 2 heterocycles. The monoisotopic (exact) mass is 373 g/mol. The lowest BCUT2D eigenvalue weighted by atomic mass is 10.1. The van der Waals surface area contributed by atoms with Gasteiger partial charge in [0.2, 0.25) is 0 Å². The van der Waals surface area contributed by atoms with Gasteiger partial charge in [-0.2, -0.15) is 21.6 Å². The first-order chi connectivity index (χ1) is 11.5. The van der Waals surface area contributed by atoms with Gasteiger partial charge in [0, 0.05) is 32.1 Å². The maximum absolute atomic E-state index is 12.9. The molecule has 0 atom stereocenters. The van der Waals surface area contributed by atoms with Gasteiger partial charge in [-0.3, -0.25) is 9.97 Å². The molecule has 0 aliphatic heterocycles. The summed E-state index contributed by atoms with van der Waals surface area (Å²) in [6.07, 6.45) is -0.711. The molecule has 7 nitrogen and oxygen atoms in total. The molecule has 2 rings (SSSR count). The van der Waals surface area contributed by atoms with Gasteiger partial charge in [0.25, 0.3) is 10.0 Å². The fraction of sp³-hybridized carbons (Fsp3) is 0.214. The van der Waals surface area contributed by atoms with Crippen LogP contribution >= 0.6 is 0 Å². The van der Waals surface area contributed by atoms with Crippen molar-refractivity contribution in [3.8, 4) is 11.3 Å². The van der Waals surface area contributed by atoms with Crippen molar-refractivity contribution in [2.75, 3.05) is 19.8 Å². The van der Waals surface area contributed by atoms with Crippen molar-refractivity contribution >= 4 is 22.0 Å². The van der Waals surface area contributed by atoms with Crippen molar-refractivity contribution in [2.45, 2.75) is 11.1 Å². The number of alkyl halides is 3. The first-order valence-corrected chi connectivity index (χ1v) is 8.20. The minimum absolute atomic E-state index is 0.0299. The fourth-order valence-corrected chi connectivity index (χ4v) is 2.94.